The van der Waals surface area contributed by atoms with Crippen molar-refractivity contribution in [1.29, 1.82) is 0 Å². The van der Waals surface area contributed by atoms with Crippen LogP contribution in [0.4, 0.5) is 5.69 Å². The van der Waals surface area contributed by atoms with Crippen molar-refractivity contribution < 1.29 is 13.2 Å². The van der Waals surface area contributed by atoms with E-state index in [-0.39, 0.29) is 22.0 Å². The maximum Gasteiger partial charge on any atom is 0.261 e. The summed E-state index contributed by atoms with van der Waals surface area (Å²) in [5.41, 5.74) is 5.72. The van der Waals surface area contributed by atoms with Crippen LogP contribution in [0.1, 0.15) is 10.4 Å². The number of nitrogens with two attached hydrogens (primary N) is 1. The summed E-state index contributed by atoms with van der Waals surface area (Å²) in [6.45, 7) is 0. The molecule has 0 aliphatic rings. The van der Waals surface area contributed by atoms with Crippen LogP contribution in [-0.2, 0) is 9.05 Å². The highest BCUT2D eigenvalue weighted by molar-refractivity contribution is 8.13. The predicted octanol–water partition coefficient (Wildman–Crippen LogP) is 1.62. The molecule has 2 N–H and O–H groups in total. The highest BCUT2D eigenvalue weighted by Crippen LogP contribution is 2.21. The fourth-order valence-electron chi connectivity index (χ4n) is 1.00. The van der Waals surface area contributed by atoms with Crippen LogP contribution in [-0.4, -0.2) is 20.1 Å². The molecular formula is C8H7Cl2NO3S. The van der Waals surface area contributed by atoms with E-state index in [1.165, 1.54) is 12.1 Å². The van der Waals surface area contributed by atoms with E-state index in [4.69, 9.17) is 28.0 Å². The standard InChI is InChI=1S/C8H7Cl2NO3S/c9-4-8(12)6-3-5(15(10,13)14)1-2-7(6)11/h1-3H,4,11H2. The molecule has 15 heavy (non-hydrogen) atoms. The van der Waals surface area contributed by atoms with Gasteiger partial charge in [-0.05, 0) is 18.2 Å². The van der Waals surface area contributed by atoms with Crippen molar-refractivity contribution in [3.05, 3.63) is 23.8 Å². The number of Topliss-reactive ketones (excluding diaryl/α,β-unsaturated/α-hetero) is 1. The van der Waals surface area contributed by atoms with Crippen molar-refractivity contribution in [2.75, 3.05) is 11.6 Å². The number of benzene rings is 1. The van der Waals surface area contributed by atoms with Gasteiger partial charge in [0.2, 0.25) is 0 Å². The molecule has 1 rings (SSSR count). The minimum atomic E-state index is -3.86. The number of ketones is 1. The fraction of sp³-hybridized carbons (Fsp3) is 0.125. The number of hydrogen-bond acceptors (Lipinski definition) is 4. The van der Waals surface area contributed by atoms with E-state index in [1.54, 1.807) is 0 Å². The lowest BCUT2D eigenvalue weighted by Gasteiger charge is -2.04. The van der Waals surface area contributed by atoms with Gasteiger partial charge in [-0.1, -0.05) is 0 Å². The molecule has 0 unspecified atom stereocenters. The summed E-state index contributed by atoms with van der Waals surface area (Å²) in [5.74, 6) is -0.716. The molecule has 0 atom stereocenters. The zero-order valence-corrected chi connectivity index (χ0v) is 9.73. The molecule has 0 aliphatic heterocycles. The number of halogens is 2. The summed E-state index contributed by atoms with van der Waals surface area (Å²) < 4.78 is 22.0. The average Bonchev–Trinajstić information content (AvgIpc) is 2.15. The van der Waals surface area contributed by atoms with Gasteiger partial charge in [0.25, 0.3) is 9.05 Å². The minimum Gasteiger partial charge on any atom is -0.398 e. The quantitative estimate of drug-likeness (QED) is 0.391. The summed E-state index contributed by atoms with van der Waals surface area (Å²) in [6.07, 6.45) is 0. The molecule has 7 heteroatoms. The molecular weight excluding hydrogens is 261 g/mol. The Morgan fingerprint density at radius 2 is 2.00 bits per heavy atom. The maximum atomic E-state index is 11.3. The molecule has 0 fully saturated rings. The van der Waals surface area contributed by atoms with Crippen LogP contribution in [0, 0.1) is 0 Å². The van der Waals surface area contributed by atoms with Gasteiger partial charge in [-0.25, -0.2) is 8.42 Å². The van der Waals surface area contributed by atoms with Crippen LogP contribution in [0.15, 0.2) is 23.1 Å². The number of carbonyl (C=O) groups excluding carboxylic acids is 1. The monoisotopic (exact) mass is 267 g/mol. The molecule has 0 spiro atoms. The molecule has 0 heterocycles. The number of alkyl halides is 1. The molecule has 0 saturated carbocycles. The predicted molar refractivity (Wildman–Crippen MR) is 58.9 cm³/mol. The molecule has 4 nitrogen and oxygen atoms in total. The normalized spacial score (nSPS) is 11.3. The lowest BCUT2D eigenvalue weighted by molar-refractivity contribution is 0.102. The topological polar surface area (TPSA) is 77.2 Å². The van der Waals surface area contributed by atoms with Crippen molar-refractivity contribution in [3.63, 3.8) is 0 Å². The number of anilines is 1. The lowest BCUT2D eigenvalue weighted by Crippen LogP contribution is -2.06. The van der Waals surface area contributed by atoms with E-state index in [0.29, 0.717) is 0 Å². The summed E-state index contributed by atoms with van der Waals surface area (Å²) in [5, 5.41) is 0. The van der Waals surface area contributed by atoms with E-state index in [1.807, 2.05) is 0 Å². The zero-order chi connectivity index (χ0) is 11.6. The van der Waals surface area contributed by atoms with Crippen LogP contribution in [0.3, 0.4) is 0 Å². The first kappa shape index (κ1) is 12.3. The summed E-state index contributed by atoms with van der Waals surface area (Å²) in [4.78, 5) is 11.1. The van der Waals surface area contributed by atoms with E-state index >= 15 is 0 Å². The van der Waals surface area contributed by atoms with Gasteiger partial charge in [-0.15, -0.1) is 11.6 Å². The average molecular weight is 268 g/mol. The van der Waals surface area contributed by atoms with E-state index < -0.39 is 14.8 Å². The van der Waals surface area contributed by atoms with Crippen LogP contribution in [0.5, 0.6) is 0 Å². The van der Waals surface area contributed by atoms with Gasteiger partial charge in [-0.2, -0.15) is 0 Å². The van der Waals surface area contributed by atoms with Gasteiger partial charge in [0, 0.05) is 21.9 Å². The third kappa shape index (κ3) is 2.84. The van der Waals surface area contributed by atoms with Gasteiger partial charge >= 0.3 is 0 Å². The Balaban J connectivity index is 3.36. The van der Waals surface area contributed by atoms with E-state index in [0.717, 1.165) is 6.07 Å². The van der Waals surface area contributed by atoms with Crippen molar-refractivity contribution in [2.45, 2.75) is 4.90 Å². The second kappa shape index (κ2) is 4.38. The van der Waals surface area contributed by atoms with E-state index in [9.17, 15) is 13.2 Å². The Kier molecular flexibility index (Phi) is 3.59. The van der Waals surface area contributed by atoms with Crippen LogP contribution >= 0.6 is 22.3 Å². The number of hydrogen-bond donors (Lipinski definition) is 1. The molecule has 1 aromatic rings. The first-order valence-corrected chi connectivity index (χ1v) is 6.64. The van der Waals surface area contributed by atoms with Crippen LogP contribution in [0.25, 0.3) is 0 Å². The molecule has 0 radical (unpaired) electrons. The second-order valence-corrected chi connectivity index (χ2v) is 5.58. The third-order valence-corrected chi connectivity index (χ3v) is 3.32. The molecule has 0 bridgehead atoms. The zero-order valence-electron chi connectivity index (χ0n) is 7.41. The first-order chi connectivity index (χ1) is 6.86. The third-order valence-electron chi connectivity index (χ3n) is 1.73. The Bertz CT molecular complexity index is 499. The smallest absolute Gasteiger partial charge is 0.261 e. The Labute approximate surface area is 96.4 Å². The lowest BCUT2D eigenvalue weighted by atomic mass is 10.1. The van der Waals surface area contributed by atoms with Crippen molar-refractivity contribution in [3.8, 4) is 0 Å². The SMILES string of the molecule is Nc1ccc(S(=O)(=O)Cl)cc1C(=O)CCl. The first-order valence-electron chi connectivity index (χ1n) is 3.79. The Hall–Kier alpha value is -0.780. The Morgan fingerprint density at radius 1 is 1.40 bits per heavy atom. The molecule has 0 aliphatic carbocycles. The van der Waals surface area contributed by atoms with Crippen molar-refractivity contribution >= 4 is 42.8 Å². The van der Waals surface area contributed by atoms with Crippen LogP contribution < -0.4 is 5.73 Å². The van der Waals surface area contributed by atoms with Gasteiger partial charge in [0.05, 0.1) is 10.8 Å². The molecule has 0 aromatic heterocycles. The Morgan fingerprint density at radius 3 is 2.47 bits per heavy atom. The maximum absolute atomic E-state index is 11.3. The minimum absolute atomic E-state index is 0.0618. The van der Waals surface area contributed by atoms with Gasteiger partial charge in [0.1, 0.15) is 0 Å². The number of rotatable bonds is 3. The highest BCUT2D eigenvalue weighted by atomic mass is 35.7. The molecule has 1 aromatic carbocycles. The number of nitrogen functional groups attached to an aromatic ring is 1. The summed E-state index contributed by atoms with van der Waals surface area (Å²) in [7, 11) is 1.26. The van der Waals surface area contributed by atoms with Crippen molar-refractivity contribution in [1.82, 2.24) is 0 Å². The van der Waals surface area contributed by atoms with Crippen LogP contribution in [0.2, 0.25) is 0 Å². The largest absolute Gasteiger partial charge is 0.398 e. The fourth-order valence-corrected chi connectivity index (χ4v) is 1.92. The molecule has 0 amide bonds. The van der Waals surface area contributed by atoms with Gasteiger partial charge in [-0.3, -0.25) is 4.79 Å². The molecule has 0 saturated heterocycles. The van der Waals surface area contributed by atoms with Gasteiger partial charge < -0.3 is 5.73 Å². The highest BCUT2D eigenvalue weighted by Gasteiger charge is 2.15. The summed E-state index contributed by atoms with van der Waals surface area (Å²) in [6, 6.07) is 3.64. The second-order valence-electron chi connectivity index (χ2n) is 2.74. The van der Waals surface area contributed by atoms with Gasteiger partial charge in [0.15, 0.2) is 5.78 Å². The summed E-state index contributed by atoms with van der Waals surface area (Å²) >= 11 is 5.34. The molecule has 82 valence electrons. The van der Waals surface area contributed by atoms with E-state index in [2.05, 4.69) is 0 Å². The van der Waals surface area contributed by atoms with Crippen molar-refractivity contribution in [2.24, 2.45) is 0 Å². The number of carbonyl (C=O) groups is 1.